The second-order valence-corrected chi connectivity index (χ2v) is 7.31. The molecule has 19 heavy (non-hydrogen) atoms. The zero-order valence-corrected chi connectivity index (χ0v) is 13.5. The van der Waals surface area contributed by atoms with Gasteiger partial charge in [-0.1, -0.05) is 39.0 Å². The summed E-state index contributed by atoms with van der Waals surface area (Å²) in [6, 6.07) is 8.33. The fraction of sp³-hybridized carbons (Fsp3) is 0.647. The maximum atomic E-state index is 6.10. The molecule has 0 aliphatic rings. The van der Waals surface area contributed by atoms with Gasteiger partial charge in [-0.2, -0.15) is 0 Å². The quantitative estimate of drug-likeness (QED) is 0.881. The van der Waals surface area contributed by atoms with Gasteiger partial charge in [0.25, 0.3) is 0 Å². The van der Waals surface area contributed by atoms with Crippen molar-refractivity contribution >= 4 is 0 Å². The van der Waals surface area contributed by atoms with E-state index in [0.717, 1.165) is 12.3 Å². The van der Waals surface area contributed by atoms with E-state index in [4.69, 9.17) is 4.74 Å². The number of benzene rings is 1. The Bertz CT molecular complexity index is 398. The summed E-state index contributed by atoms with van der Waals surface area (Å²) in [5.41, 5.74) is 1.49. The molecule has 2 nitrogen and oxygen atoms in total. The molecule has 1 atom stereocenters. The van der Waals surface area contributed by atoms with Crippen LogP contribution in [0.15, 0.2) is 24.3 Å². The van der Waals surface area contributed by atoms with Crippen LogP contribution in [-0.2, 0) is 5.41 Å². The van der Waals surface area contributed by atoms with Gasteiger partial charge >= 0.3 is 0 Å². The van der Waals surface area contributed by atoms with Crippen molar-refractivity contribution in [2.75, 3.05) is 6.54 Å². The van der Waals surface area contributed by atoms with Crippen molar-refractivity contribution in [3.8, 4) is 5.75 Å². The van der Waals surface area contributed by atoms with Gasteiger partial charge in [-0.15, -0.1) is 0 Å². The van der Waals surface area contributed by atoms with Crippen molar-refractivity contribution in [2.45, 2.75) is 65.5 Å². The molecule has 0 amide bonds. The minimum Gasteiger partial charge on any atom is -0.489 e. The highest BCUT2D eigenvalue weighted by Crippen LogP contribution is 2.31. The number of hydrogen-bond donors (Lipinski definition) is 1. The van der Waals surface area contributed by atoms with Crippen LogP contribution in [0.1, 0.15) is 54.0 Å². The molecule has 0 bridgehead atoms. The van der Waals surface area contributed by atoms with Crippen molar-refractivity contribution in [1.82, 2.24) is 5.32 Å². The van der Waals surface area contributed by atoms with Crippen LogP contribution in [0.25, 0.3) is 0 Å². The van der Waals surface area contributed by atoms with Gasteiger partial charge in [-0.3, -0.25) is 0 Å². The fourth-order valence-electron chi connectivity index (χ4n) is 1.90. The summed E-state index contributed by atoms with van der Waals surface area (Å²) in [5, 5.41) is 3.48. The van der Waals surface area contributed by atoms with Crippen LogP contribution < -0.4 is 10.1 Å². The summed E-state index contributed by atoms with van der Waals surface area (Å²) in [5.74, 6) is 0.998. The van der Waals surface area contributed by atoms with Crippen LogP contribution in [-0.4, -0.2) is 18.2 Å². The molecule has 0 saturated carbocycles. The van der Waals surface area contributed by atoms with Crippen molar-refractivity contribution < 1.29 is 4.74 Å². The molecule has 0 aliphatic heterocycles. The van der Waals surface area contributed by atoms with Crippen LogP contribution in [0.5, 0.6) is 5.75 Å². The Balaban J connectivity index is 2.72. The van der Waals surface area contributed by atoms with E-state index in [2.05, 4.69) is 72.0 Å². The normalized spacial score (nSPS) is 14.3. The smallest absolute Gasteiger partial charge is 0.123 e. The summed E-state index contributed by atoms with van der Waals surface area (Å²) < 4.78 is 6.10. The van der Waals surface area contributed by atoms with Crippen LogP contribution >= 0.6 is 0 Å². The second kappa shape index (κ2) is 5.96. The lowest BCUT2D eigenvalue weighted by molar-refractivity contribution is 0.199. The highest BCUT2D eigenvalue weighted by Gasteiger charge is 2.20. The molecule has 1 aromatic rings. The van der Waals surface area contributed by atoms with Crippen molar-refractivity contribution in [2.24, 2.45) is 0 Å². The molecule has 2 heteroatoms. The summed E-state index contributed by atoms with van der Waals surface area (Å²) in [6.07, 6.45) is 0.155. The second-order valence-electron chi connectivity index (χ2n) is 7.31. The topological polar surface area (TPSA) is 21.3 Å². The van der Waals surface area contributed by atoms with Crippen LogP contribution in [0.2, 0.25) is 0 Å². The fourth-order valence-corrected chi connectivity index (χ4v) is 1.90. The molecule has 108 valence electrons. The molecule has 1 rings (SSSR count). The predicted molar refractivity (Wildman–Crippen MR) is 83.0 cm³/mol. The zero-order valence-electron chi connectivity index (χ0n) is 13.5. The van der Waals surface area contributed by atoms with E-state index in [1.807, 2.05) is 6.07 Å². The third-order valence-electron chi connectivity index (χ3n) is 2.94. The number of ether oxygens (including phenoxy) is 1. The van der Waals surface area contributed by atoms with Gasteiger partial charge in [0.05, 0.1) is 0 Å². The molecule has 0 spiro atoms. The Morgan fingerprint density at radius 2 is 1.63 bits per heavy atom. The average molecular weight is 263 g/mol. The van der Waals surface area contributed by atoms with Crippen molar-refractivity contribution in [3.05, 3.63) is 29.8 Å². The van der Waals surface area contributed by atoms with E-state index in [0.29, 0.717) is 0 Å². The Hall–Kier alpha value is -1.02. The van der Waals surface area contributed by atoms with E-state index < -0.39 is 0 Å². The highest BCUT2D eigenvalue weighted by atomic mass is 16.5. The van der Waals surface area contributed by atoms with Gasteiger partial charge in [-0.25, -0.2) is 0 Å². The third-order valence-corrected chi connectivity index (χ3v) is 2.94. The van der Waals surface area contributed by atoms with Gasteiger partial charge in [-0.05, 0) is 44.7 Å². The molecular weight excluding hydrogens is 234 g/mol. The van der Waals surface area contributed by atoms with Gasteiger partial charge in [0, 0.05) is 12.1 Å². The first kappa shape index (κ1) is 16.0. The molecule has 0 saturated heterocycles. The molecule has 0 fully saturated rings. The molecule has 1 aromatic carbocycles. The van der Waals surface area contributed by atoms with Crippen LogP contribution in [0.4, 0.5) is 0 Å². The van der Waals surface area contributed by atoms with Gasteiger partial charge in [0.1, 0.15) is 11.9 Å². The van der Waals surface area contributed by atoms with Gasteiger partial charge in [0.15, 0.2) is 0 Å². The van der Waals surface area contributed by atoms with E-state index in [-0.39, 0.29) is 17.1 Å². The first-order valence-electron chi connectivity index (χ1n) is 7.11. The van der Waals surface area contributed by atoms with E-state index in [1.54, 1.807) is 0 Å². The maximum Gasteiger partial charge on any atom is 0.123 e. The van der Waals surface area contributed by atoms with E-state index >= 15 is 0 Å². The average Bonchev–Trinajstić information content (AvgIpc) is 2.25. The molecular formula is C17H29NO. The third kappa shape index (κ3) is 5.65. The Kier molecular flexibility index (Phi) is 5.03. The number of nitrogens with one attached hydrogen (secondary N) is 1. The molecule has 0 radical (unpaired) electrons. The maximum absolute atomic E-state index is 6.10. The highest BCUT2D eigenvalue weighted by molar-refractivity contribution is 5.38. The van der Waals surface area contributed by atoms with E-state index in [1.165, 1.54) is 5.56 Å². The number of hydrogen-bond acceptors (Lipinski definition) is 2. The lowest BCUT2D eigenvalue weighted by atomic mass is 9.86. The largest absolute Gasteiger partial charge is 0.489 e. The Morgan fingerprint density at radius 3 is 2.16 bits per heavy atom. The summed E-state index contributed by atoms with van der Waals surface area (Å²) in [6.45, 7) is 16.1. The standard InChI is InChI=1S/C17H29NO/c1-13(12-18-17(5,6)7)19-15-11-9-8-10-14(15)16(2,3)4/h8-11,13,18H,12H2,1-7H3. The molecule has 0 heterocycles. The first-order valence-corrected chi connectivity index (χ1v) is 7.11. The minimum absolute atomic E-state index is 0.105. The molecule has 1 N–H and O–H groups in total. The zero-order chi connectivity index (χ0) is 14.7. The lowest BCUT2D eigenvalue weighted by Crippen LogP contribution is -2.41. The van der Waals surface area contributed by atoms with E-state index in [9.17, 15) is 0 Å². The predicted octanol–water partition coefficient (Wildman–Crippen LogP) is 4.14. The van der Waals surface area contributed by atoms with Crippen LogP contribution in [0.3, 0.4) is 0 Å². The number of para-hydroxylation sites is 1. The lowest BCUT2D eigenvalue weighted by Gasteiger charge is -2.27. The first-order chi connectivity index (χ1) is 8.59. The molecule has 1 unspecified atom stereocenters. The summed E-state index contributed by atoms with van der Waals surface area (Å²) in [7, 11) is 0. The van der Waals surface area contributed by atoms with Crippen molar-refractivity contribution in [3.63, 3.8) is 0 Å². The van der Waals surface area contributed by atoms with Crippen molar-refractivity contribution in [1.29, 1.82) is 0 Å². The van der Waals surface area contributed by atoms with Gasteiger partial charge in [0.2, 0.25) is 0 Å². The number of rotatable bonds is 4. The monoisotopic (exact) mass is 263 g/mol. The summed E-state index contributed by atoms with van der Waals surface area (Å²) in [4.78, 5) is 0. The minimum atomic E-state index is 0.105. The Labute approximate surface area is 118 Å². The Morgan fingerprint density at radius 1 is 1.05 bits per heavy atom. The van der Waals surface area contributed by atoms with Gasteiger partial charge < -0.3 is 10.1 Å². The summed E-state index contributed by atoms with van der Waals surface area (Å²) >= 11 is 0. The SMILES string of the molecule is CC(CNC(C)(C)C)Oc1ccccc1C(C)(C)C. The van der Waals surface area contributed by atoms with Crippen LogP contribution in [0, 0.1) is 0 Å². The molecule has 0 aromatic heterocycles. The molecule has 0 aliphatic carbocycles.